The van der Waals surface area contributed by atoms with Crippen molar-refractivity contribution in [3.63, 3.8) is 0 Å². The Morgan fingerprint density at radius 2 is 2.24 bits per heavy atom. The van der Waals surface area contributed by atoms with E-state index in [1.807, 2.05) is 26.0 Å². The molecule has 0 aromatic rings. The predicted molar refractivity (Wildman–Crippen MR) is 59.1 cm³/mol. The lowest BCUT2D eigenvalue weighted by Gasteiger charge is -2.36. The minimum Gasteiger partial charge on any atom is -0.469 e. The molecule has 2 heterocycles. The average Bonchev–Trinajstić information content (AvgIpc) is 2.88. The van der Waals surface area contributed by atoms with Crippen molar-refractivity contribution in [3.8, 4) is 0 Å². The molecule has 1 saturated carbocycles. The van der Waals surface area contributed by atoms with Gasteiger partial charge < -0.3 is 9.47 Å². The molecule has 1 spiro atoms. The molecular weight excluding hydrogens is 220 g/mol. The topological polar surface area (TPSA) is 52.6 Å². The van der Waals surface area contributed by atoms with E-state index in [2.05, 4.69) is 0 Å². The van der Waals surface area contributed by atoms with E-state index in [4.69, 9.17) is 9.47 Å². The highest BCUT2D eigenvalue weighted by Gasteiger charge is 2.71. The fourth-order valence-corrected chi connectivity index (χ4v) is 3.70. The van der Waals surface area contributed by atoms with Crippen molar-refractivity contribution >= 4 is 11.8 Å². The van der Waals surface area contributed by atoms with Crippen LogP contribution in [0.5, 0.6) is 0 Å². The van der Waals surface area contributed by atoms with Gasteiger partial charge in [-0.1, -0.05) is 26.0 Å². The zero-order chi connectivity index (χ0) is 12.4. The van der Waals surface area contributed by atoms with Crippen molar-refractivity contribution in [2.24, 2.45) is 17.3 Å². The lowest BCUT2D eigenvalue weighted by atomic mass is 9.69. The second-order valence-corrected chi connectivity index (χ2v) is 5.79. The number of carbonyl (C=O) groups is 2. The number of rotatable bonds is 1. The Bertz CT molecular complexity index is 437. The van der Waals surface area contributed by atoms with Gasteiger partial charge in [0.2, 0.25) is 0 Å². The van der Waals surface area contributed by atoms with Crippen LogP contribution in [0.15, 0.2) is 12.2 Å². The lowest BCUT2D eigenvalue weighted by Crippen LogP contribution is -2.44. The minimum absolute atomic E-state index is 0.122. The highest BCUT2D eigenvalue weighted by Crippen LogP contribution is 2.62. The first-order chi connectivity index (χ1) is 7.93. The third-order valence-electron chi connectivity index (χ3n) is 4.53. The molecule has 4 atom stereocenters. The maximum Gasteiger partial charge on any atom is 0.312 e. The Morgan fingerprint density at radius 3 is 2.88 bits per heavy atom. The number of Topliss-reactive ketones (excluding diaryl/α,β-unsaturated/α-hetero) is 1. The number of hydrogen-bond acceptors (Lipinski definition) is 4. The average molecular weight is 236 g/mol. The van der Waals surface area contributed by atoms with Gasteiger partial charge in [-0.05, 0) is 0 Å². The smallest absolute Gasteiger partial charge is 0.312 e. The quantitative estimate of drug-likeness (QED) is 0.505. The Hall–Kier alpha value is -1.16. The van der Waals surface area contributed by atoms with Gasteiger partial charge in [0.05, 0.1) is 25.0 Å². The highest BCUT2D eigenvalue weighted by molar-refractivity contribution is 5.93. The number of methoxy groups -OCH3 is 1. The third kappa shape index (κ3) is 1.07. The second kappa shape index (κ2) is 2.99. The van der Waals surface area contributed by atoms with Crippen molar-refractivity contribution < 1.29 is 19.1 Å². The van der Waals surface area contributed by atoms with Gasteiger partial charge in [-0.25, -0.2) is 0 Å². The van der Waals surface area contributed by atoms with Crippen molar-refractivity contribution in [1.29, 1.82) is 0 Å². The van der Waals surface area contributed by atoms with E-state index >= 15 is 0 Å². The van der Waals surface area contributed by atoms with Gasteiger partial charge >= 0.3 is 5.97 Å². The van der Waals surface area contributed by atoms with E-state index < -0.39 is 11.5 Å². The summed E-state index contributed by atoms with van der Waals surface area (Å²) < 4.78 is 10.8. The standard InChI is InChI=1S/C13H16O4/c1-12(2)6-7(14)10-9(11(15)16-3)8-4-5-13(10,12)17-8/h4-5,8-10H,6H2,1-3H3/t8-,9+,10-,13+/m0/s1. The molecule has 3 aliphatic rings. The fourth-order valence-electron chi connectivity index (χ4n) is 3.70. The van der Waals surface area contributed by atoms with Gasteiger partial charge in [-0.3, -0.25) is 9.59 Å². The Labute approximate surface area is 100.0 Å². The molecule has 0 aromatic carbocycles. The summed E-state index contributed by atoms with van der Waals surface area (Å²) >= 11 is 0. The molecule has 0 radical (unpaired) electrons. The van der Waals surface area contributed by atoms with Gasteiger partial charge in [0.25, 0.3) is 0 Å². The largest absolute Gasteiger partial charge is 0.469 e. The van der Waals surface area contributed by atoms with E-state index in [-0.39, 0.29) is 29.2 Å². The molecule has 0 amide bonds. The first-order valence-corrected chi connectivity index (χ1v) is 5.91. The first kappa shape index (κ1) is 11.0. The van der Waals surface area contributed by atoms with Crippen LogP contribution in [0.1, 0.15) is 20.3 Å². The number of carbonyl (C=O) groups excluding carboxylic acids is 2. The van der Waals surface area contributed by atoms with Crippen LogP contribution in [0.2, 0.25) is 0 Å². The minimum atomic E-state index is -0.590. The van der Waals surface area contributed by atoms with E-state index in [1.165, 1.54) is 7.11 Å². The number of hydrogen-bond donors (Lipinski definition) is 0. The maximum absolute atomic E-state index is 12.2. The van der Waals surface area contributed by atoms with E-state index in [0.717, 1.165) is 0 Å². The van der Waals surface area contributed by atoms with Crippen LogP contribution in [0.25, 0.3) is 0 Å². The third-order valence-corrected chi connectivity index (χ3v) is 4.53. The van der Waals surface area contributed by atoms with Crippen LogP contribution in [0, 0.1) is 17.3 Å². The van der Waals surface area contributed by atoms with Crippen molar-refractivity contribution in [2.75, 3.05) is 7.11 Å². The van der Waals surface area contributed by atoms with Crippen LogP contribution < -0.4 is 0 Å². The summed E-state index contributed by atoms with van der Waals surface area (Å²) in [6.07, 6.45) is 4.05. The van der Waals surface area contributed by atoms with Gasteiger partial charge in [0.15, 0.2) is 0 Å². The van der Waals surface area contributed by atoms with Gasteiger partial charge in [0.1, 0.15) is 11.4 Å². The number of ketones is 1. The molecule has 1 aliphatic carbocycles. The molecule has 3 rings (SSSR count). The molecule has 92 valence electrons. The zero-order valence-corrected chi connectivity index (χ0v) is 10.2. The molecule has 2 fully saturated rings. The molecule has 2 aliphatic heterocycles. The highest BCUT2D eigenvalue weighted by atomic mass is 16.5. The normalized spacial score (nSPS) is 45.1. The molecule has 17 heavy (non-hydrogen) atoms. The van der Waals surface area contributed by atoms with Crippen LogP contribution in [0.3, 0.4) is 0 Å². The van der Waals surface area contributed by atoms with E-state index in [1.54, 1.807) is 0 Å². The van der Waals surface area contributed by atoms with Crippen LogP contribution in [-0.4, -0.2) is 30.6 Å². The molecule has 1 saturated heterocycles. The summed E-state index contributed by atoms with van der Waals surface area (Å²) in [5, 5.41) is 0. The van der Waals surface area contributed by atoms with Crippen molar-refractivity contribution in [3.05, 3.63) is 12.2 Å². The number of esters is 1. The van der Waals surface area contributed by atoms with Gasteiger partial charge in [-0.2, -0.15) is 0 Å². The fraction of sp³-hybridized carbons (Fsp3) is 0.692. The van der Waals surface area contributed by atoms with Crippen LogP contribution in [-0.2, 0) is 19.1 Å². The maximum atomic E-state index is 12.2. The number of fused-ring (bicyclic) bond motifs is 1. The summed E-state index contributed by atoms with van der Waals surface area (Å²) in [7, 11) is 1.36. The Kier molecular flexibility index (Phi) is 1.93. The molecule has 0 unspecified atom stereocenters. The predicted octanol–water partition coefficient (Wildman–Crippen LogP) is 1.10. The summed E-state index contributed by atoms with van der Waals surface area (Å²) in [6.45, 7) is 4.05. The Balaban J connectivity index is 2.09. The zero-order valence-electron chi connectivity index (χ0n) is 10.2. The lowest BCUT2D eigenvalue weighted by molar-refractivity contribution is -0.149. The van der Waals surface area contributed by atoms with E-state index in [9.17, 15) is 9.59 Å². The van der Waals surface area contributed by atoms with Crippen LogP contribution in [0.4, 0.5) is 0 Å². The van der Waals surface area contributed by atoms with E-state index in [0.29, 0.717) is 6.42 Å². The first-order valence-electron chi connectivity index (χ1n) is 5.91. The molecule has 4 nitrogen and oxygen atoms in total. The van der Waals surface area contributed by atoms with Crippen LogP contribution >= 0.6 is 0 Å². The SMILES string of the molecule is COC(=O)[C@@H]1[C@@H]2C=C[C@@]3(O2)[C@H]1C(=O)CC3(C)C. The summed E-state index contributed by atoms with van der Waals surface area (Å²) in [5.74, 6) is -1.03. The molecule has 0 aromatic heterocycles. The monoisotopic (exact) mass is 236 g/mol. The second-order valence-electron chi connectivity index (χ2n) is 5.79. The summed E-state index contributed by atoms with van der Waals surface area (Å²) in [6, 6.07) is 0. The molecular formula is C13H16O4. The van der Waals surface area contributed by atoms with Gasteiger partial charge in [0, 0.05) is 11.8 Å². The molecule has 0 N–H and O–H groups in total. The van der Waals surface area contributed by atoms with Gasteiger partial charge in [-0.15, -0.1) is 0 Å². The van der Waals surface area contributed by atoms with Crippen molar-refractivity contribution in [2.45, 2.75) is 32.0 Å². The molecule has 2 bridgehead atoms. The summed E-state index contributed by atoms with van der Waals surface area (Å²) in [4.78, 5) is 24.0. The number of ether oxygens (including phenoxy) is 2. The Morgan fingerprint density at radius 1 is 1.53 bits per heavy atom. The van der Waals surface area contributed by atoms with Crippen molar-refractivity contribution in [1.82, 2.24) is 0 Å². The molecule has 4 heteroatoms. The summed E-state index contributed by atoms with van der Waals surface area (Å²) in [5.41, 5.74) is -0.837.